The number of pyridine rings is 1. The van der Waals surface area contributed by atoms with Crippen LogP contribution in [-0.4, -0.2) is 9.97 Å². The molecule has 0 atom stereocenters. The first-order valence-electron chi connectivity index (χ1n) is 4.95. The summed E-state index contributed by atoms with van der Waals surface area (Å²) in [6.45, 7) is 0. The molecule has 0 aliphatic rings. The van der Waals surface area contributed by atoms with Crippen molar-refractivity contribution in [3.05, 3.63) is 52.9 Å². The van der Waals surface area contributed by atoms with Gasteiger partial charge in [0, 0.05) is 12.3 Å². The highest BCUT2D eigenvalue weighted by molar-refractivity contribution is 7.80. The largest absolute Gasteiger partial charge is 0.438 e. The van der Waals surface area contributed by atoms with E-state index in [9.17, 15) is 4.39 Å². The molecule has 0 bridgehead atoms. The number of thiocarbonyl (C=S) groups is 1. The van der Waals surface area contributed by atoms with Gasteiger partial charge in [-0.15, -0.1) is 0 Å². The van der Waals surface area contributed by atoms with Crippen LogP contribution in [0.15, 0.2) is 36.5 Å². The van der Waals surface area contributed by atoms with Gasteiger partial charge in [-0.1, -0.05) is 23.8 Å². The monoisotopic (exact) mass is 282 g/mol. The number of nitrogens with zero attached hydrogens (tertiary/aromatic N) is 1. The number of halogens is 2. The summed E-state index contributed by atoms with van der Waals surface area (Å²) >= 11 is 10.5. The van der Waals surface area contributed by atoms with Crippen LogP contribution in [0.5, 0.6) is 11.6 Å². The first-order chi connectivity index (χ1) is 8.58. The van der Waals surface area contributed by atoms with E-state index in [1.54, 1.807) is 18.3 Å². The maximum atomic E-state index is 13.0. The highest BCUT2D eigenvalue weighted by Crippen LogP contribution is 2.26. The third-order valence-electron chi connectivity index (χ3n) is 2.14. The highest BCUT2D eigenvalue weighted by Gasteiger charge is 2.09. The summed E-state index contributed by atoms with van der Waals surface area (Å²) in [5.74, 6) is 0.102. The van der Waals surface area contributed by atoms with Crippen molar-refractivity contribution in [1.82, 2.24) is 4.98 Å². The van der Waals surface area contributed by atoms with E-state index in [4.69, 9.17) is 34.3 Å². The smallest absolute Gasteiger partial charge is 0.229 e. The van der Waals surface area contributed by atoms with Crippen molar-refractivity contribution in [2.45, 2.75) is 0 Å². The molecule has 92 valence electrons. The minimum Gasteiger partial charge on any atom is -0.438 e. The Balaban J connectivity index is 2.34. The molecule has 0 fully saturated rings. The van der Waals surface area contributed by atoms with Crippen molar-refractivity contribution in [3.8, 4) is 11.6 Å². The number of nitrogens with two attached hydrogens (primary N) is 1. The number of hydrogen-bond donors (Lipinski definition) is 1. The lowest BCUT2D eigenvalue weighted by molar-refractivity contribution is 0.460. The van der Waals surface area contributed by atoms with E-state index in [1.165, 1.54) is 18.2 Å². The van der Waals surface area contributed by atoms with E-state index in [-0.39, 0.29) is 15.9 Å². The summed E-state index contributed by atoms with van der Waals surface area (Å²) in [7, 11) is 0. The molecule has 3 nitrogen and oxygen atoms in total. The average molecular weight is 283 g/mol. The van der Waals surface area contributed by atoms with E-state index in [2.05, 4.69) is 4.98 Å². The van der Waals surface area contributed by atoms with Crippen molar-refractivity contribution >= 4 is 28.8 Å². The zero-order chi connectivity index (χ0) is 13.1. The van der Waals surface area contributed by atoms with Gasteiger partial charge in [0.15, 0.2) is 0 Å². The van der Waals surface area contributed by atoms with Crippen LogP contribution in [0.2, 0.25) is 5.02 Å². The standard InChI is InChI=1S/C12H8ClFN2OS/c13-9-6-7(3-4-10(9)14)17-12-8(11(15)18)2-1-5-16-12/h1-6H,(H2,15,18). The number of hydrogen-bond acceptors (Lipinski definition) is 3. The molecule has 0 spiro atoms. The number of rotatable bonds is 3. The minimum absolute atomic E-state index is 0.0275. The van der Waals surface area contributed by atoms with Crippen molar-refractivity contribution in [1.29, 1.82) is 0 Å². The molecule has 18 heavy (non-hydrogen) atoms. The fourth-order valence-corrected chi connectivity index (χ4v) is 1.64. The summed E-state index contributed by atoms with van der Waals surface area (Å²) in [6.07, 6.45) is 1.54. The number of benzene rings is 1. The molecule has 6 heteroatoms. The first kappa shape index (κ1) is 12.7. The molecule has 0 saturated carbocycles. The van der Waals surface area contributed by atoms with Gasteiger partial charge in [-0.3, -0.25) is 0 Å². The molecule has 2 aromatic rings. The number of ether oxygens (including phenoxy) is 1. The third-order valence-corrected chi connectivity index (χ3v) is 2.65. The van der Waals surface area contributed by atoms with Gasteiger partial charge in [0.05, 0.1) is 10.6 Å². The van der Waals surface area contributed by atoms with Gasteiger partial charge in [-0.2, -0.15) is 0 Å². The summed E-state index contributed by atoms with van der Waals surface area (Å²) < 4.78 is 18.5. The Kier molecular flexibility index (Phi) is 3.74. The number of aromatic nitrogens is 1. The van der Waals surface area contributed by atoms with Crippen LogP contribution in [0, 0.1) is 5.82 Å². The lowest BCUT2D eigenvalue weighted by atomic mass is 10.2. The summed E-state index contributed by atoms with van der Waals surface area (Å²) in [6, 6.07) is 7.39. The summed E-state index contributed by atoms with van der Waals surface area (Å²) in [4.78, 5) is 4.19. The zero-order valence-electron chi connectivity index (χ0n) is 9.06. The molecule has 1 aromatic heterocycles. The van der Waals surface area contributed by atoms with E-state index in [0.717, 1.165) is 0 Å². The lowest BCUT2D eigenvalue weighted by Gasteiger charge is -2.08. The fourth-order valence-electron chi connectivity index (χ4n) is 1.31. The maximum absolute atomic E-state index is 13.0. The highest BCUT2D eigenvalue weighted by atomic mass is 35.5. The summed E-state index contributed by atoms with van der Waals surface area (Å²) in [5, 5.41) is -0.0275. The summed E-state index contributed by atoms with van der Waals surface area (Å²) in [5.41, 5.74) is 6.05. The quantitative estimate of drug-likeness (QED) is 0.878. The van der Waals surface area contributed by atoms with Gasteiger partial charge in [0.25, 0.3) is 0 Å². The van der Waals surface area contributed by atoms with Crippen LogP contribution in [-0.2, 0) is 0 Å². The van der Waals surface area contributed by atoms with Crippen LogP contribution in [0.25, 0.3) is 0 Å². The molecular formula is C12H8ClFN2OS. The van der Waals surface area contributed by atoms with Gasteiger partial charge in [0.1, 0.15) is 16.6 Å². The fraction of sp³-hybridized carbons (Fsp3) is 0. The second-order valence-electron chi connectivity index (χ2n) is 3.40. The van der Waals surface area contributed by atoms with E-state index in [1.807, 2.05) is 0 Å². The Morgan fingerprint density at radius 2 is 2.17 bits per heavy atom. The van der Waals surface area contributed by atoms with Gasteiger partial charge >= 0.3 is 0 Å². The van der Waals surface area contributed by atoms with Gasteiger partial charge in [-0.25, -0.2) is 9.37 Å². The van der Waals surface area contributed by atoms with Crippen LogP contribution in [0.1, 0.15) is 5.56 Å². The maximum Gasteiger partial charge on any atom is 0.229 e. The normalized spacial score (nSPS) is 10.1. The minimum atomic E-state index is -0.514. The predicted octanol–water partition coefficient (Wildman–Crippen LogP) is 3.30. The topological polar surface area (TPSA) is 48.1 Å². The molecule has 1 heterocycles. The van der Waals surface area contributed by atoms with Crippen molar-refractivity contribution < 1.29 is 9.13 Å². The zero-order valence-corrected chi connectivity index (χ0v) is 10.6. The molecule has 0 radical (unpaired) electrons. The van der Waals surface area contributed by atoms with Crippen molar-refractivity contribution in [2.24, 2.45) is 5.73 Å². The second kappa shape index (κ2) is 5.29. The second-order valence-corrected chi connectivity index (χ2v) is 4.25. The molecular weight excluding hydrogens is 275 g/mol. The van der Waals surface area contributed by atoms with Gasteiger partial charge < -0.3 is 10.5 Å². The predicted molar refractivity (Wildman–Crippen MR) is 71.6 cm³/mol. The molecule has 0 aliphatic heterocycles. The average Bonchev–Trinajstić information content (AvgIpc) is 2.34. The van der Waals surface area contributed by atoms with Crippen LogP contribution >= 0.6 is 23.8 Å². The molecule has 0 saturated heterocycles. The first-order valence-corrected chi connectivity index (χ1v) is 5.74. The van der Waals surface area contributed by atoms with E-state index >= 15 is 0 Å². The lowest BCUT2D eigenvalue weighted by Crippen LogP contribution is -2.11. The van der Waals surface area contributed by atoms with Crippen LogP contribution < -0.4 is 10.5 Å². The Hall–Kier alpha value is -1.72. The molecule has 2 N–H and O–H groups in total. The Morgan fingerprint density at radius 3 is 2.83 bits per heavy atom. The molecule has 0 unspecified atom stereocenters. The van der Waals surface area contributed by atoms with Crippen molar-refractivity contribution in [3.63, 3.8) is 0 Å². The molecule has 1 aromatic carbocycles. The molecule has 0 aliphatic carbocycles. The molecule has 0 amide bonds. The Bertz CT molecular complexity index is 606. The Morgan fingerprint density at radius 1 is 1.39 bits per heavy atom. The van der Waals surface area contributed by atoms with Crippen LogP contribution in [0.4, 0.5) is 4.39 Å². The third kappa shape index (κ3) is 2.75. The van der Waals surface area contributed by atoms with E-state index in [0.29, 0.717) is 11.3 Å². The Labute approximate surface area is 113 Å². The van der Waals surface area contributed by atoms with E-state index < -0.39 is 5.82 Å². The van der Waals surface area contributed by atoms with Crippen LogP contribution in [0.3, 0.4) is 0 Å². The van der Waals surface area contributed by atoms with Gasteiger partial charge in [-0.05, 0) is 24.3 Å². The SMILES string of the molecule is NC(=S)c1cccnc1Oc1ccc(F)c(Cl)c1. The van der Waals surface area contributed by atoms with Crippen molar-refractivity contribution in [2.75, 3.05) is 0 Å². The van der Waals surface area contributed by atoms with Gasteiger partial charge in [0.2, 0.25) is 5.88 Å². The molecule has 2 rings (SSSR count).